The molecule has 2 rings (SSSR count). The molecule has 1 unspecified atom stereocenters. The molecule has 2 aromatic rings. The van der Waals surface area contributed by atoms with Crippen LogP contribution in [0.15, 0.2) is 17.8 Å². The summed E-state index contributed by atoms with van der Waals surface area (Å²) in [5, 5.41) is 11.1. The number of hydrogen-bond acceptors (Lipinski definition) is 5. The van der Waals surface area contributed by atoms with Gasteiger partial charge in [0.05, 0.1) is 23.0 Å². The maximum absolute atomic E-state index is 12.0. The molecule has 4 N–H and O–H groups in total. The van der Waals surface area contributed by atoms with Crippen LogP contribution in [0.5, 0.6) is 0 Å². The molecule has 0 saturated heterocycles. The first-order valence-electron chi connectivity index (χ1n) is 5.64. The van der Waals surface area contributed by atoms with Gasteiger partial charge in [-0.05, 0) is 13.0 Å². The van der Waals surface area contributed by atoms with Crippen molar-refractivity contribution in [2.75, 3.05) is 6.54 Å². The summed E-state index contributed by atoms with van der Waals surface area (Å²) in [5.74, 6) is 6.10. The number of amides is 1. The van der Waals surface area contributed by atoms with E-state index in [0.29, 0.717) is 17.9 Å². The standard InChI is InChI=1S/C12H13N5OS/c1-8(11-14-7-15-17-11)16-12(18)9-5-10(19-6-9)3-2-4-13/h5-8H,4,13H2,1H3,(H,16,18)(H,14,15,17). The van der Waals surface area contributed by atoms with Crippen LogP contribution in [0.1, 0.15) is 34.0 Å². The quantitative estimate of drug-likeness (QED) is 0.717. The van der Waals surface area contributed by atoms with Gasteiger partial charge in [-0.3, -0.25) is 9.89 Å². The minimum Gasteiger partial charge on any atom is -0.342 e. The molecule has 0 aliphatic rings. The molecule has 1 amide bonds. The van der Waals surface area contributed by atoms with E-state index in [1.807, 2.05) is 6.92 Å². The summed E-state index contributed by atoms with van der Waals surface area (Å²) < 4.78 is 0. The first kappa shape index (κ1) is 13.3. The van der Waals surface area contributed by atoms with Crippen molar-refractivity contribution in [3.8, 4) is 11.8 Å². The fraction of sp³-hybridized carbons (Fsp3) is 0.250. The number of aromatic nitrogens is 3. The SMILES string of the molecule is CC(NC(=O)c1csc(C#CCN)c1)c1ncn[nH]1. The van der Waals surface area contributed by atoms with E-state index in [2.05, 4.69) is 32.3 Å². The van der Waals surface area contributed by atoms with E-state index >= 15 is 0 Å². The number of aromatic amines is 1. The fourth-order valence-corrected chi connectivity index (χ4v) is 2.19. The third kappa shape index (κ3) is 3.40. The first-order chi connectivity index (χ1) is 9.20. The second kappa shape index (κ2) is 6.13. The lowest BCUT2D eigenvalue weighted by Gasteiger charge is -2.09. The Morgan fingerprint density at radius 2 is 2.53 bits per heavy atom. The highest BCUT2D eigenvalue weighted by Gasteiger charge is 2.14. The average molecular weight is 275 g/mol. The summed E-state index contributed by atoms with van der Waals surface area (Å²) in [6.07, 6.45) is 1.41. The number of H-pyrrole nitrogens is 1. The highest BCUT2D eigenvalue weighted by molar-refractivity contribution is 7.10. The maximum Gasteiger partial charge on any atom is 0.252 e. The minimum atomic E-state index is -0.228. The normalized spacial score (nSPS) is 11.5. The molecular formula is C12H13N5OS. The van der Waals surface area contributed by atoms with Crippen LogP contribution in [-0.2, 0) is 0 Å². The monoisotopic (exact) mass is 275 g/mol. The van der Waals surface area contributed by atoms with E-state index in [4.69, 9.17) is 5.73 Å². The second-order valence-corrected chi connectivity index (χ2v) is 4.68. The molecule has 0 bridgehead atoms. The van der Waals surface area contributed by atoms with Crippen LogP contribution >= 0.6 is 11.3 Å². The fourth-order valence-electron chi connectivity index (χ4n) is 1.43. The molecular weight excluding hydrogens is 262 g/mol. The molecule has 0 fully saturated rings. The van der Waals surface area contributed by atoms with Crippen LogP contribution < -0.4 is 11.1 Å². The Balaban J connectivity index is 2.02. The van der Waals surface area contributed by atoms with Gasteiger partial charge in [-0.1, -0.05) is 11.8 Å². The summed E-state index contributed by atoms with van der Waals surface area (Å²) in [5.41, 5.74) is 5.88. The number of carbonyl (C=O) groups excluding carboxylic acids is 1. The Morgan fingerprint density at radius 1 is 1.68 bits per heavy atom. The summed E-state index contributed by atoms with van der Waals surface area (Å²) in [6.45, 7) is 2.14. The van der Waals surface area contributed by atoms with Crippen molar-refractivity contribution in [2.24, 2.45) is 5.73 Å². The molecule has 6 nitrogen and oxygen atoms in total. The predicted octanol–water partition coefficient (Wildman–Crippen LogP) is 0.667. The zero-order valence-electron chi connectivity index (χ0n) is 10.3. The minimum absolute atomic E-state index is 0.166. The molecule has 0 aromatic carbocycles. The predicted molar refractivity (Wildman–Crippen MR) is 72.5 cm³/mol. The zero-order valence-corrected chi connectivity index (χ0v) is 11.1. The number of nitrogens with zero attached hydrogens (tertiary/aromatic N) is 2. The average Bonchev–Trinajstić information content (AvgIpc) is 3.07. The van der Waals surface area contributed by atoms with Crippen molar-refractivity contribution in [3.63, 3.8) is 0 Å². The Labute approximate surface area is 114 Å². The molecule has 0 radical (unpaired) electrons. The van der Waals surface area contributed by atoms with E-state index in [-0.39, 0.29) is 11.9 Å². The number of nitrogens with one attached hydrogen (secondary N) is 2. The molecule has 0 saturated carbocycles. The van der Waals surface area contributed by atoms with Crippen molar-refractivity contribution < 1.29 is 4.79 Å². The molecule has 0 aliphatic heterocycles. The van der Waals surface area contributed by atoms with Crippen LogP contribution in [0.3, 0.4) is 0 Å². The van der Waals surface area contributed by atoms with Gasteiger partial charge >= 0.3 is 0 Å². The van der Waals surface area contributed by atoms with Crippen LogP contribution in [-0.4, -0.2) is 27.6 Å². The third-order valence-corrected chi connectivity index (χ3v) is 3.21. The second-order valence-electron chi connectivity index (χ2n) is 3.77. The maximum atomic E-state index is 12.0. The van der Waals surface area contributed by atoms with Gasteiger partial charge in [0.1, 0.15) is 12.2 Å². The van der Waals surface area contributed by atoms with Crippen LogP contribution in [0.25, 0.3) is 0 Å². The van der Waals surface area contributed by atoms with Gasteiger partial charge in [0, 0.05) is 5.38 Å². The molecule has 0 spiro atoms. The van der Waals surface area contributed by atoms with Crippen molar-refractivity contribution in [2.45, 2.75) is 13.0 Å². The molecule has 2 aromatic heterocycles. The number of rotatable bonds is 3. The molecule has 2 heterocycles. The highest BCUT2D eigenvalue weighted by atomic mass is 32.1. The van der Waals surface area contributed by atoms with Gasteiger partial charge in [-0.25, -0.2) is 4.98 Å². The largest absolute Gasteiger partial charge is 0.342 e. The Hall–Kier alpha value is -2.17. The van der Waals surface area contributed by atoms with Crippen molar-refractivity contribution in [3.05, 3.63) is 34.0 Å². The van der Waals surface area contributed by atoms with Gasteiger partial charge < -0.3 is 11.1 Å². The van der Waals surface area contributed by atoms with E-state index in [1.165, 1.54) is 17.7 Å². The van der Waals surface area contributed by atoms with E-state index in [9.17, 15) is 4.79 Å². The Kier molecular flexibility index (Phi) is 4.28. The summed E-state index contributed by atoms with van der Waals surface area (Å²) >= 11 is 1.42. The zero-order chi connectivity index (χ0) is 13.7. The molecule has 98 valence electrons. The van der Waals surface area contributed by atoms with Gasteiger partial charge in [-0.15, -0.1) is 11.3 Å². The summed E-state index contributed by atoms with van der Waals surface area (Å²) in [4.78, 5) is 16.8. The van der Waals surface area contributed by atoms with Gasteiger partial charge in [0.2, 0.25) is 0 Å². The summed E-state index contributed by atoms with van der Waals surface area (Å²) in [6, 6.07) is 1.52. The Bertz CT molecular complexity index is 608. The Morgan fingerprint density at radius 3 is 3.21 bits per heavy atom. The summed E-state index contributed by atoms with van der Waals surface area (Å²) in [7, 11) is 0. The smallest absolute Gasteiger partial charge is 0.252 e. The van der Waals surface area contributed by atoms with Crippen LogP contribution in [0.4, 0.5) is 0 Å². The van der Waals surface area contributed by atoms with Crippen LogP contribution in [0.2, 0.25) is 0 Å². The van der Waals surface area contributed by atoms with Gasteiger partial charge in [-0.2, -0.15) is 5.10 Å². The van der Waals surface area contributed by atoms with Crippen molar-refractivity contribution in [1.29, 1.82) is 0 Å². The van der Waals surface area contributed by atoms with E-state index < -0.39 is 0 Å². The van der Waals surface area contributed by atoms with Crippen molar-refractivity contribution in [1.82, 2.24) is 20.5 Å². The molecule has 0 aliphatic carbocycles. The van der Waals surface area contributed by atoms with E-state index in [1.54, 1.807) is 11.4 Å². The van der Waals surface area contributed by atoms with Gasteiger partial charge in [0.25, 0.3) is 5.91 Å². The number of hydrogen-bond donors (Lipinski definition) is 3. The van der Waals surface area contributed by atoms with Crippen LogP contribution in [0, 0.1) is 11.8 Å². The lowest BCUT2D eigenvalue weighted by Crippen LogP contribution is -2.27. The molecule has 7 heteroatoms. The highest BCUT2D eigenvalue weighted by Crippen LogP contribution is 2.14. The third-order valence-electron chi connectivity index (χ3n) is 2.37. The number of nitrogens with two attached hydrogens (primary N) is 1. The molecule has 19 heavy (non-hydrogen) atoms. The lowest BCUT2D eigenvalue weighted by atomic mass is 10.2. The van der Waals surface area contributed by atoms with Crippen molar-refractivity contribution >= 4 is 17.2 Å². The van der Waals surface area contributed by atoms with Gasteiger partial charge in [0.15, 0.2) is 0 Å². The topological polar surface area (TPSA) is 96.7 Å². The number of thiophene rings is 1. The van der Waals surface area contributed by atoms with E-state index in [0.717, 1.165) is 4.88 Å². The number of carbonyl (C=O) groups is 1. The first-order valence-corrected chi connectivity index (χ1v) is 6.52. The lowest BCUT2D eigenvalue weighted by molar-refractivity contribution is 0.0939. The molecule has 1 atom stereocenters.